The molecule has 0 aliphatic carbocycles. The van der Waals surface area contributed by atoms with Gasteiger partial charge in [0.2, 0.25) is 5.91 Å². The van der Waals surface area contributed by atoms with E-state index < -0.39 is 0 Å². The van der Waals surface area contributed by atoms with Gasteiger partial charge in [-0.05, 0) is 42.9 Å². The first-order valence-electron chi connectivity index (χ1n) is 11.8. The van der Waals surface area contributed by atoms with Crippen LogP contribution in [0.4, 0.5) is 0 Å². The number of rotatable bonds is 6. The van der Waals surface area contributed by atoms with Crippen molar-refractivity contribution in [3.8, 4) is 0 Å². The molecule has 2 fully saturated rings. The number of guanidine groups is 1. The highest BCUT2D eigenvalue weighted by Gasteiger charge is 2.36. The molecule has 32 heavy (non-hydrogen) atoms. The lowest BCUT2D eigenvalue weighted by Crippen LogP contribution is -2.57. The molecule has 0 saturated carbocycles. The average Bonchev–Trinajstić information content (AvgIpc) is 2.84. The molecule has 2 aromatic rings. The van der Waals surface area contributed by atoms with E-state index in [9.17, 15) is 4.79 Å². The summed E-state index contributed by atoms with van der Waals surface area (Å²) in [5.74, 6) is 1.46. The summed E-state index contributed by atoms with van der Waals surface area (Å²) in [6.45, 7) is 4.98. The molecule has 2 atom stereocenters. The number of carbonyl (C=O) groups is 1. The Bertz CT molecular complexity index is 886. The van der Waals surface area contributed by atoms with E-state index in [2.05, 4.69) is 55.8 Å². The molecule has 170 valence electrons. The number of aliphatic imine (C=N–C) groups is 1. The van der Waals surface area contributed by atoms with Gasteiger partial charge < -0.3 is 15.5 Å². The largest absolute Gasteiger partial charge is 0.350 e. The molecule has 2 unspecified atom stereocenters. The van der Waals surface area contributed by atoms with Crippen molar-refractivity contribution >= 4 is 11.9 Å². The molecule has 6 heteroatoms. The molecule has 2 aliphatic rings. The molecule has 0 radical (unpaired) electrons. The highest BCUT2D eigenvalue weighted by molar-refractivity contribution is 5.86. The van der Waals surface area contributed by atoms with Crippen LogP contribution in [0.2, 0.25) is 0 Å². The second-order valence-corrected chi connectivity index (χ2v) is 8.82. The van der Waals surface area contributed by atoms with Crippen molar-refractivity contribution < 1.29 is 4.79 Å². The van der Waals surface area contributed by atoms with Gasteiger partial charge >= 0.3 is 0 Å². The zero-order chi connectivity index (χ0) is 22.2. The fourth-order valence-corrected chi connectivity index (χ4v) is 5.06. The summed E-state index contributed by atoms with van der Waals surface area (Å²) in [6.07, 6.45) is 3.65. The maximum absolute atomic E-state index is 12.3. The third-order valence-electron chi connectivity index (χ3n) is 6.66. The quantitative estimate of drug-likeness (QED) is 0.543. The first kappa shape index (κ1) is 22.3. The number of hydrogen-bond donors (Lipinski definition) is 2. The summed E-state index contributed by atoms with van der Waals surface area (Å²) in [5, 5.41) is 6.25. The van der Waals surface area contributed by atoms with Crippen LogP contribution in [-0.4, -0.2) is 60.9 Å². The predicted octanol–water partition coefficient (Wildman–Crippen LogP) is 2.86. The van der Waals surface area contributed by atoms with Crippen molar-refractivity contribution in [3.63, 3.8) is 0 Å². The van der Waals surface area contributed by atoms with Gasteiger partial charge in [0.1, 0.15) is 0 Å². The lowest BCUT2D eigenvalue weighted by atomic mass is 9.83. The Morgan fingerprint density at radius 3 is 2.41 bits per heavy atom. The van der Waals surface area contributed by atoms with Crippen molar-refractivity contribution in [2.45, 2.75) is 38.4 Å². The van der Waals surface area contributed by atoms with E-state index in [0.717, 1.165) is 37.6 Å². The molecule has 2 heterocycles. The van der Waals surface area contributed by atoms with E-state index in [0.29, 0.717) is 18.5 Å². The molecular formula is C26H35N5O. The third kappa shape index (κ3) is 5.88. The standard InChI is InChI=1S/C26H35N5O/c1-27-26(29-18-25(32)28-17-21-9-4-2-5-10-21)31-16-14-24-23(20-31)13-8-15-30(24)19-22-11-6-3-7-12-22/h2-7,9-12,23-24H,8,13-20H2,1H3,(H,27,29)(H,28,32). The fraction of sp³-hybridized carbons (Fsp3) is 0.462. The maximum Gasteiger partial charge on any atom is 0.239 e. The number of amides is 1. The van der Waals surface area contributed by atoms with Crippen LogP contribution in [0.3, 0.4) is 0 Å². The first-order chi connectivity index (χ1) is 15.7. The third-order valence-corrected chi connectivity index (χ3v) is 6.66. The minimum absolute atomic E-state index is 0.0170. The Kier molecular flexibility index (Phi) is 7.77. The first-order valence-corrected chi connectivity index (χ1v) is 11.8. The summed E-state index contributed by atoms with van der Waals surface area (Å²) in [6, 6.07) is 21.4. The Labute approximate surface area is 191 Å². The van der Waals surface area contributed by atoms with Gasteiger partial charge in [0.25, 0.3) is 0 Å². The summed E-state index contributed by atoms with van der Waals surface area (Å²) >= 11 is 0. The van der Waals surface area contributed by atoms with Gasteiger partial charge in [-0.15, -0.1) is 0 Å². The van der Waals surface area contributed by atoms with Crippen molar-refractivity contribution in [1.29, 1.82) is 0 Å². The van der Waals surface area contributed by atoms with Crippen LogP contribution in [0.5, 0.6) is 0 Å². The predicted molar refractivity (Wildman–Crippen MR) is 129 cm³/mol. The molecule has 2 saturated heterocycles. The zero-order valence-corrected chi connectivity index (χ0v) is 19.0. The zero-order valence-electron chi connectivity index (χ0n) is 19.0. The van der Waals surface area contributed by atoms with E-state index in [1.807, 2.05) is 30.3 Å². The molecule has 4 rings (SSSR count). The Balaban J connectivity index is 1.26. The summed E-state index contributed by atoms with van der Waals surface area (Å²) in [5.41, 5.74) is 2.50. The van der Waals surface area contributed by atoms with Crippen molar-refractivity contribution in [1.82, 2.24) is 20.4 Å². The maximum atomic E-state index is 12.3. The minimum Gasteiger partial charge on any atom is -0.350 e. The van der Waals surface area contributed by atoms with Crippen LogP contribution in [0.25, 0.3) is 0 Å². The fourth-order valence-electron chi connectivity index (χ4n) is 5.06. The smallest absolute Gasteiger partial charge is 0.239 e. The number of nitrogens with one attached hydrogen (secondary N) is 2. The van der Waals surface area contributed by atoms with Gasteiger partial charge in [-0.3, -0.25) is 14.7 Å². The van der Waals surface area contributed by atoms with Crippen molar-refractivity contribution in [2.24, 2.45) is 10.9 Å². The summed E-state index contributed by atoms with van der Waals surface area (Å²) in [4.78, 5) is 21.8. The Hall–Kier alpha value is -2.86. The topological polar surface area (TPSA) is 60.0 Å². The van der Waals surface area contributed by atoms with E-state index >= 15 is 0 Å². The van der Waals surface area contributed by atoms with Crippen LogP contribution in [0, 0.1) is 5.92 Å². The Morgan fingerprint density at radius 2 is 1.69 bits per heavy atom. The summed E-state index contributed by atoms with van der Waals surface area (Å²) in [7, 11) is 1.80. The van der Waals surface area contributed by atoms with Crippen LogP contribution in [0.15, 0.2) is 65.7 Å². The monoisotopic (exact) mass is 433 g/mol. The van der Waals surface area contributed by atoms with E-state index in [1.54, 1.807) is 7.05 Å². The SMILES string of the molecule is CN=C(NCC(=O)NCc1ccccc1)N1CCC2C(CCCN2Cc2ccccc2)C1. The van der Waals surface area contributed by atoms with Gasteiger partial charge in [0.15, 0.2) is 5.96 Å². The van der Waals surface area contributed by atoms with Gasteiger partial charge in [-0.2, -0.15) is 0 Å². The van der Waals surface area contributed by atoms with Gasteiger partial charge in [-0.1, -0.05) is 60.7 Å². The Morgan fingerprint density at radius 1 is 0.969 bits per heavy atom. The van der Waals surface area contributed by atoms with Crippen molar-refractivity contribution in [3.05, 3.63) is 71.8 Å². The molecular weight excluding hydrogens is 398 g/mol. The molecule has 1 amide bonds. The summed E-state index contributed by atoms with van der Waals surface area (Å²) < 4.78 is 0. The van der Waals surface area contributed by atoms with Crippen molar-refractivity contribution in [2.75, 3.05) is 33.2 Å². The van der Waals surface area contributed by atoms with Gasteiger partial charge in [0.05, 0.1) is 6.54 Å². The lowest BCUT2D eigenvalue weighted by Gasteiger charge is -2.48. The van der Waals surface area contributed by atoms with Crippen LogP contribution < -0.4 is 10.6 Å². The van der Waals surface area contributed by atoms with Gasteiger partial charge in [-0.25, -0.2) is 0 Å². The number of piperidine rings is 2. The molecule has 2 N–H and O–H groups in total. The number of fused-ring (bicyclic) bond motifs is 1. The second-order valence-electron chi connectivity index (χ2n) is 8.82. The molecule has 0 spiro atoms. The normalized spacial score (nSPS) is 21.7. The molecule has 2 aromatic carbocycles. The van der Waals surface area contributed by atoms with Crippen LogP contribution >= 0.6 is 0 Å². The van der Waals surface area contributed by atoms with Crippen LogP contribution in [-0.2, 0) is 17.9 Å². The minimum atomic E-state index is -0.0170. The molecule has 0 bridgehead atoms. The molecule has 6 nitrogen and oxygen atoms in total. The van der Waals surface area contributed by atoms with E-state index in [-0.39, 0.29) is 12.5 Å². The average molecular weight is 434 g/mol. The second kappa shape index (κ2) is 11.1. The number of carbonyl (C=O) groups excluding carboxylic acids is 1. The van der Waals surface area contributed by atoms with E-state index in [1.165, 1.54) is 24.9 Å². The lowest BCUT2D eigenvalue weighted by molar-refractivity contribution is -0.120. The highest BCUT2D eigenvalue weighted by Crippen LogP contribution is 2.31. The number of likely N-dealkylation sites (tertiary alicyclic amines) is 2. The molecule has 0 aromatic heterocycles. The number of benzene rings is 2. The highest BCUT2D eigenvalue weighted by atomic mass is 16.1. The number of nitrogens with zero attached hydrogens (tertiary/aromatic N) is 3. The van der Waals surface area contributed by atoms with E-state index in [4.69, 9.17) is 0 Å². The molecule has 2 aliphatic heterocycles. The van der Waals surface area contributed by atoms with Crippen LogP contribution in [0.1, 0.15) is 30.4 Å². The number of hydrogen-bond acceptors (Lipinski definition) is 3. The van der Waals surface area contributed by atoms with Gasteiger partial charge in [0, 0.05) is 39.3 Å².